The molecule has 27 heavy (non-hydrogen) atoms. The molecule has 0 aliphatic carbocycles. The van der Waals surface area contributed by atoms with Gasteiger partial charge in [-0.1, -0.05) is 18.2 Å². The number of methoxy groups -OCH3 is 1. The highest BCUT2D eigenvalue weighted by Crippen LogP contribution is 2.29. The Morgan fingerprint density at radius 1 is 1.11 bits per heavy atom. The molecule has 4 nitrogen and oxygen atoms in total. The molecule has 0 atom stereocenters. The summed E-state index contributed by atoms with van der Waals surface area (Å²) in [6.07, 6.45) is 3.20. The van der Waals surface area contributed by atoms with Crippen LogP contribution < -0.4 is 4.74 Å². The van der Waals surface area contributed by atoms with Crippen molar-refractivity contribution in [3.05, 3.63) is 65.4 Å². The smallest absolute Gasteiger partial charge is 0.253 e. The van der Waals surface area contributed by atoms with Crippen LogP contribution in [0.1, 0.15) is 34.5 Å². The molecule has 1 amide bonds. The van der Waals surface area contributed by atoms with E-state index in [0.29, 0.717) is 5.92 Å². The molecule has 1 saturated heterocycles. The number of rotatable bonds is 4. The van der Waals surface area contributed by atoms with E-state index in [0.717, 1.165) is 43.7 Å². The minimum atomic E-state index is 0.124. The van der Waals surface area contributed by atoms with Gasteiger partial charge in [0.1, 0.15) is 5.75 Å². The molecule has 4 heteroatoms. The maximum Gasteiger partial charge on any atom is 0.253 e. The van der Waals surface area contributed by atoms with Gasteiger partial charge in [-0.05, 0) is 68.0 Å². The van der Waals surface area contributed by atoms with Crippen molar-refractivity contribution in [1.82, 2.24) is 9.88 Å². The summed E-state index contributed by atoms with van der Waals surface area (Å²) in [5.74, 6) is 1.53. The van der Waals surface area contributed by atoms with Crippen LogP contribution in [-0.2, 0) is 6.42 Å². The highest BCUT2D eigenvalue weighted by molar-refractivity contribution is 5.94. The van der Waals surface area contributed by atoms with Gasteiger partial charge >= 0.3 is 0 Å². The number of aryl methyl sites for hydroxylation is 1. The summed E-state index contributed by atoms with van der Waals surface area (Å²) in [7, 11) is 1.64. The first kappa shape index (κ1) is 17.7. The quantitative estimate of drug-likeness (QED) is 0.738. The number of H-pyrrole nitrogens is 1. The molecule has 0 saturated carbocycles. The fourth-order valence-electron chi connectivity index (χ4n) is 4.14. The summed E-state index contributed by atoms with van der Waals surface area (Å²) in [5.41, 5.74) is 4.66. The minimum Gasteiger partial charge on any atom is -0.497 e. The maximum absolute atomic E-state index is 12.7. The van der Waals surface area contributed by atoms with Crippen LogP contribution in [0.3, 0.4) is 0 Å². The molecule has 0 spiro atoms. The predicted molar refractivity (Wildman–Crippen MR) is 108 cm³/mol. The van der Waals surface area contributed by atoms with Gasteiger partial charge in [-0.25, -0.2) is 0 Å². The average molecular weight is 362 g/mol. The standard InChI is InChI=1S/C23H26N2O2/c1-16-21(20-5-3-4-6-22(20)24-16)15-17-11-13-25(14-12-17)23(26)18-7-9-19(27-2)10-8-18/h3-10,17,24H,11-15H2,1-2H3. The van der Waals surface area contributed by atoms with E-state index in [1.807, 2.05) is 29.2 Å². The van der Waals surface area contributed by atoms with E-state index >= 15 is 0 Å². The third-order valence-electron chi connectivity index (χ3n) is 5.76. The van der Waals surface area contributed by atoms with Crippen LogP contribution >= 0.6 is 0 Å². The fourth-order valence-corrected chi connectivity index (χ4v) is 4.14. The predicted octanol–water partition coefficient (Wildman–Crippen LogP) is 4.58. The first-order chi connectivity index (χ1) is 13.2. The van der Waals surface area contributed by atoms with Crippen LogP contribution in [0.2, 0.25) is 0 Å². The number of hydrogen-bond donors (Lipinski definition) is 1. The van der Waals surface area contributed by atoms with Gasteiger partial charge in [0.15, 0.2) is 0 Å². The van der Waals surface area contributed by atoms with Gasteiger partial charge < -0.3 is 14.6 Å². The van der Waals surface area contributed by atoms with Gasteiger partial charge in [0, 0.05) is 35.2 Å². The largest absolute Gasteiger partial charge is 0.497 e. The zero-order valence-corrected chi connectivity index (χ0v) is 16.0. The second kappa shape index (κ2) is 7.47. The third kappa shape index (κ3) is 3.57. The normalized spacial score (nSPS) is 15.3. The molecule has 3 aromatic rings. The SMILES string of the molecule is COc1ccc(C(=O)N2CCC(Cc3c(C)[nH]c4ccccc34)CC2)cc1. The Labute approximate surface area is 160 Å². The molecule has 4 rings (SSSR count). The van der Waals surface area contributed by atoms with E-state index in [2.05, 4.69) is 36.2 Å². The summed E-state index contributed by atoms with van der Waals surface area (Å²) < 4.78 is 5.17. The molecule has 0 unspecified atom stereocenters. The lowest BCUT2D eigenvalue weighted by molar-refractivity contribution is 0.0690. The van der Waals surface area contributed by atoms with Crippen molar-refractivity contribution in [2.75, 3.05) is 20.2 Å². The number of carbonyl (C=O) groups is 1. The van der Waals surface area contributed by atoms with Crippen LogP contribution in [0.15, 0.2) is 48.5 Å². The number of ether oxygens (including phenoxy) is 1. The number of carbonyl (C=O) groups excluding carboxylic acids is 1. The molecule has 1 N–H and O–H groups in total. The first-order valence-electron chi connectivity index (χ1n) is 9.65. The van der Waals surface area contributed by atoms with E-state index in [9.17, 15) is 4.79 Å². The van der Waals surface area contributed by atoms with Crippen LogP contribution in [0, 0.1) is 12.8 Å². The van der Waals surface area contributed by atoms with Crippen LogP contribution in [0.5, 0.6) is 5.75 Å². The summed E-state index contributed by atoms with van der Waals surface area (Å²) in [6.45, 7) is 3.82. The molecular weight excluding hydrogens is 336 g/mol. The van der Waals surface area contributed by atoms with Crippen molar-refractivity contribution >= 4 is 16.8 Å². The Hall–Kier alpha value is -2.75. The Bertz CT molecular complexity index is 935. The van der Waals surface area contributed by atoms with Gasteiger partial charge in [-0.15, -0.1) is 0 Å². The van der Waals surface area contributed by atoms with Crippen molar-refractivity contribution in [2.45, 2.75) is 26.2 Å². The van der Waals surface area contributed by atoms with Gasteiger partial charge in [0.25, 0.3) is 5.91 Å². The van der Waals surface area contributed by atoms with Crippen molar-refractivity contribution in [2.24, 2.45) is 5.92 Å². The number of nitrogens with zero attached hydrogens (tertiary/aromatic N) is 1. The molecule has 2 heterocycles. The second-order valence-electron chi connectivity index (χ2n) is 7.44. The summed E-state index contributed by atoms with van der Waals surface area (Å²) in [6, 6.07) is 15.9. The van der Waals surface area contributed by atoms with Crippen LogP contribution in [-0.4, -0.2) is 36.0 Å². The van der Waals surface area contributed by atoms with Gasteiger partial charge in [-0.3, -0.25) is 4.79 Å². The lowest BCUT2D eigenvalue weighted by Crippen LogP contribution is -2.38. The summed E-state index contributed by atoms with van der Waals surface area (Å²) in [5, 5.41) is 1.34. The highest BCUT2D eigenvalue weighted by atomic mass is 16.5. The van der Waals surface area contributed by atoms with Gasteiger partial charge in [0.2, 0.25) is 0 Å². The molecule has 1 aliphatic rings. The number of nitrogens with one attached hydrogen (secondary N) is 1. The van der Waals surface area contributed by atoms with E-state index in [4.69, 9.17) is 4.74 Å². The molecule has 0 bridgehead atoms. The molecule has 2 aromatic carbocycles. The maximum atomic E-state index is 12.7. The zero-order chi connectivity index (χ0) is 18.8. The highest BCUT2D eigenvalue weighted by Gasteiger charge is 2.25. The Morgan fingerprint density at radius 2 is 1.81 bits per heavy atom. The summed E-state index contributed by atoms with van der Waals surface area (Å²) >= 11 is 0. The number of fused-ring (bicyclic) bond motifs is 1. The second-order valence-corrected chi connectivity index (χ2v) is 7.44. The van der Waals surface area contributed by atoms with E-state index < -0.39 is 0 Å². The summed E-state index contributed by atoms with van der Waals surface area (Å²) in [4.78, 5) is 18.2. The van der Waals surface area contributed by atoms with Crippen molar-refractivity contribution in [3.63, 3.8) is 0 Å². The monoisotopic (exact) mass is 362 g/mol. The number of benzene rings is 2. The molecule has 1 aliphatic heterocycles. The topological polar surface area (TPSA) is 45.3 Å². The zero-order valence-electron chi connectivity index (χ0n) is 16.0. The number of hydrogen-bond acceptors (Lipinski definition) is 2. The van der Waals surface area contributed by atoms with Crippen molar-refractivity contribution in [1.29, 1.82) is 0 Å². The van der Waals surface area contributed by atoms with Crippen LogP contribution in [0.25, 0.3) is 10.9 Å². The first-order valence-corrected chi connectivity index (χ1v) is 9.65. The Kier molecular flexibility index (Phi) is 4.88. The van der Waals surface area contributed by atoms with Gasteiger partial charge in [-0.2, -0.15) is 0 Å². The number of amides is 1. The number of piperidine rings is 1. The number of likely N-dealkylation sites (tertiary alicyclic amines) is 1. The van der Waals surface area contributed by atoms with E-state index in [1.54, 1.807) is 7.11 Å². The Morgan fingerprint density at radius 3 is 2.52 bits per heavy atom. The number of para-hydroxylation sites is 1. The molecule has 140 valence electrons. The number of aromatic amines is 1. The minimum absolute atomic E-state index is 0.124. The van der Waals surface area contributed by atoms with Crippen molar-refractivity contribution < 1.29 is 9.53 Å². The fraction of sp³-hybridized carbons (Fsp3) is 0.348. The molecule has 1 aromatic heterocycles. The number of aromatic nitrogens is 1. The third-order valence-corrected chi connectivity index (χ3v) is 5.76. The molecule has 1 fully saturated rings. The van der Waals surface area contributed by atoms with E-state index in [-0.39, 0.29) is 5.91 Å². The van der Waals surface area contributed by atoms with E-state index in [1.165, 1.54) is 22.2 Å². The van der Waals surface area contributed by atoms with Crippen molar-refractivity contribution in [3.8, 4) is 5.75 Å². The lowest BCUT2D eigenvalue weighted by atomic mass is 9.89. The molecule has 0 radical (unpaired) electrons. The average Bonchev–Trinajstić information content (AvgIpc) is 3.03. The Balaban J connectivity index is 1.39. The van der Waals surface area contributed by atoms with Crippen LogP contribution in [0.4, 0.5) is 0 Å². The lowest BCUT2D eigenvalue weighted by Gasteiger charge is -2.32. The van der Waals surface area contributed by atoms with Gasteiger partial charge in [0.05, 0.1) is 7.11 Å². The molecular formula is C23H26N2O2.